The van der Waals surface area contributed by atoms with Crippen molar-refractivity contribution in [3.05, 3.63) is 51.6 Å². The summed E-state index contributed by atoms with van der Waals surface area (Å²) in [7, 11) is -3.81. The molecular formula is C13H12Cl2N2O2S. The largest absolute Gasteiger partial charge is 0.264 e. The number of nitrogens with zero attached hydrogens (tertiary/aromatic N) is 1. The van der Waals surface area contributed by atoms with E-state index >= 15 is 0 Å². The predicted octanol–water partition coefficient (Wildman–Crippen LogP) is 3.81. The van der Waals surface area contributed by atoms with Gasteiger partial charge in [-0.05, 0) is 43.2 Å². The quantitative estimate of drug-likeness (QED) is 0.930. The average molecular weight is 331 g/mol. The number of nitrogens with one attached hydrogen (secondary N) is 1. The summed E-state index contributed by atoms with van der Waals surface area (Å²) in [6, 6.07) is 6.34. The summed E-state index contributed by atoms with van der Waals surface area (Å²) in [5.41, 5.74) is 1.35. The second-order valence-electron chi connectivity index (χ2n) is 4.31. The third-order valence-electron chi connectivity index (χ3n) is 2.74. The van der Waals surface area contributed by atoms with Crippen molar-refractivity contribution < 1.29 is 8.42 Å². The molecule has 0 spiro atoms. The van der Waals surface area contributed by atoms with Gasteiger partial charge in [-0.25, -0.2) is 13.4 Å². The predicted molar refractivity (Wildman–Crippen MR) is 81.0 cm³/mol. The number of sulfonamides is 1. The molecule has 0 fully saturated rings. The monoisotopic (exact) mass is 330 g/mol. The van der Waals surface area contributed by atoms with Crippen molar-refractivity contribution in [3.8, 4) is 0 Å². The third-order valence-corrected chi connectivity index (χ3v) is 4.95. The molecule has 0 saturated heterocycles. The molecule has 2 rings (SSSR count). The van der Waals surface area contributed by atoms with Gasteiger partial charge >= 0.3 is 0 Å². The fourth-order valence-electron chi connectivity index (χ4n) is 1.61. The number of halogens is 2. The molecule has 0 aliphatic rings. The minimum atomic E-state index is -3.81. The van der Waals surface area contributed by atoms with Crippen LogP contribution < -0.4 is 4.72 Å². The van der Waals surface area contributed by atoms with Gasteiger partial charge in [0.1, 0.15) is 10.7 Å². The molecular weight excluding hydrogens is 319 g/mol. The first kappa shape index (κ1) is 15.1. The number of pyridine rings is 1. The van der Waals surface area contributed by atoms with Gasteiger partial charge in [0.2, 0.25) is 0 Å². The molecule has 1 aromatic carbocycles. The van der Waals surface area contributed by atoms with E-state index in [2.05, 4.69) is 9.71 Å². The van der Waals surface area contributed by atoms with Gasteiger partial charge in [0.25, 0.3) is 10.0 Å². The Morgan fingerprint density at radius 3 is 2.45 bits per heavy atom. The van der Waals surface area contributed by atoms with Crippen molar-refractivity contribution in [1.29, 1.82) is 0 Å². The highest BCUT2D eigenvalue weighted by Gasteiger charge is 2.20. The van der Waals surface area contributed by atoms with Gasteiger partial charge in [-0.2, -0.15) is 0 Å². The normalized spacial score (nSPS) is 11.4. The van der Waals surface area contributed by atoms with Crippen LogP contribution in [0.3, 0.4) is 0 Å². The Morgan fingerprint density at radius 2 is 1.80 bits per heavy atom. The van der Waals surface area contributed by atoms with Crippen molar-refractivity contribution in [2.45, 2.75) is 18.7 Å². The summed E-state index contributed by atoms with van der Waals surface area (Å²) in [5, 5.41) is 0.490. The fourth-order valence-corrected chi connectivity index (χ4v) is 3.53. The number of hydrogen-bond acceptors (Lipinski definition) is 3. The maximum absolute atomic E-state index is 12.4. The Labute approximate surface area is 127 Å². The molecule has 0 unspecified atom stereocenters. The summed E-state index contributed by atoms with van der Waals surface area (Å²) in [4.78, 5) is 3.98. The van der Waals surface area contributed by atoms with Gasteiger partial charge < -0.3 is 0 Å². The summed E-state index contributed by atoms with van der Waals surface area (Å²) in [6.07, 6.45) is 1.51. The molecule has 0 saturated carbocycles. The molecule has 0 amide bonds. The fraction of sp³-hybridized carbons (Fsp3) is 0.154. The molecule has 0 bridgehead atoms. The average Bonchev–Trinajstić information content (AvgIpc) is 2.36. The van der Waals surface area contributed by atoms with E-state index in [1.54, 1.807) is 26.0 Å². The summed E-state index contributed by atoms with van der Waals surface area (Å²) in [5.74, 6) is 0.274. The van der Waals surface area contributed by atoms with E-state index in [4.69, 9.17) is 23.2 Å². The van der Waals surface area contributed by atoms with E-state index in [1.807, 2.05) is 0 Å². The van der Waals surface area contributed by atoms with Crippen LogP contribution in [0.15, 0.2) is 35.4 Å². The van der Waals surface area contributed by atoms with Crippen LogP contribution in [0, 0.1) is 13.8 Å². The van der Waals surface area contributed by atoms with Crippen LogP contribution in [-0.2, 0) is 10.0 Å². The highest BCUT2D eigenvalue weighted by molar-refractivity contribution is 7.92. The Morgan fingerprint density at radius 1 is 1.10 bits per heavy atom. The first-order valence-electron chi connectivity index (χ1n) is 5.71. The highest BCUT2D eigenvalue weighted by atomic mass is 35.5. The molecule has 1 heterocycles. The van der Waals surface area contributed by atoms with Crippen LogP contribution in [0.2, 0.25) is 10.0 Å². The van der Waals surface area contributed by atoms with Crippen LogP contribution >= 0.6 is 23.2 Å². The Hall–Kier alpha value is -1.30. The smallest absolute Gasteiger partial charge is 0.263 e. The van der Waals surface area contributed by atoms with Crippen LogP contribution in [-0.4, -0.2) is 13.4 Å². The number of anilines is 1. The van der Waals surface area contributed by atoms with Gasteiger partial charge in [-0.3, -0.25) is 4.72 Å². The van der Waals surface area contributed by atoms with Crippen LogP contribution in [0.25, 0.3) is 0 Å². The van der Waals surface area contributed by atoms with Gasteiger partial charge in [0, 0.05) is 11.2 Å². The van der Waals surface area contributed by atoms with Crippen molar-refractivity contribution in [1.82, 2.24) is 4.98 Å². The number of rotatable bonds is 3. The van der Waals surface area contributed by atoms with Crippen molar-refractivity contribution in [2.24, 2.45) is 0 Å². The van der Waals surface area contributed by atoms with Gasteiger partial charge in [0.05, 0.1) is 5.02 Å². The summed E-state index contributed by atoms with van der Waals surface area (Å²) < 4.78 is 27.1. The van der Waals surface area contributed by atoms with Crippen molar-refractivity contribution in [3.63, 3.8) is 0 Å². The molecule has 0 aliphatic heterocycles. The molecule has 1 N–H and O–H groups in total. The van der Waals surface area contributed by atoms with Crippen LogP contribution in [0.4, 0.5) is 5.82 Å². The molecule has 0 aliphatic carbocycles. The molecule has 20 heavy (non-hydrogen) atoms. The highest BCUT2D eigenvalue weighted by Crippen LogP contribution is 2.29. The van der Waals surface area contributed by atoms with E-state index in [0.717, 1.165) is 5.56 Å². The number of hydrogen-bond donors (Lipinski definition) is 1. The standard InChI is InChI=1S/C13H12Cl2N2O2S/c1-8-4-3-5-16-13(8)17-20(18,19)12-6-9(2)10(14)7-11(12)15/h3-7H,1-2H3,(H,16,17). The zero-order chi connectivity index (χ0) is 14.9. The third kappa shape index (κ3) is 3.06. The Kier molecular flexibility index (Phi) is 4.22. The Bertz CT molecular complexity index is 761. The van der Waals surface area contributed by atoms with Crippen LogP contribution in [0.1, 0.15) is 11.1 Å². The van der Waals surface area contributed by atoms with E-state index < -0.39 is 10.0 Å². The van der Waals surface area contributed by atoms with Gasteiger partial charge in [0.15, 0.2) is 0 Å². The molecule has 4 nitrogen and oxygen atoms in total. The molecule has 0 atom stereocenters. The van der Waals surface area contributed by atoms with E-state index in [9.17, 15) is 8.42 Å². The molecule has 1 aromatic heterocycles. The first-order chi connectivity index (χ1) is 9.31. The topological polar surface area (TPSA) is 59.1 Å². The zero-order valence-electron chi connectivity index (χ0n) is 10.8. The van der Waals surface area contributed by atoms with Crippen molar-refractivity contribution in [2.75, 3.05) is 4.72 Å². The lowest BCUT2D eigenvalue weighted by atomic mass is 10.2. The van der Waals surface area contributed by atoms with Crippen molar-refractivity contribution >= 4 is 39.0 Å². The molecule has 7 heteroatoms. The first-order valence-corrected chi connectivity index (χ1v) is 7.95. The lowest BCUT2D eigenvalue weighted by Gasteiger charge is -2.11. The maximum Gasteiger partial charge on any atom is 0.264 e. The summed E-state index contributed by atoms with van der Waals surface area (Å²) in [6.45, 7) is 3.48. The minimum absolute atomic E-state index is 0.0221. The minimum Gasteiger partial charge on any atom is -0.263 e. The second kappa shape index (κ2) is 5.60. The lowest BCUT2D eigenvalue weighted by Crippen LogP contribution is -2.15. The van der Waals surface area contributed by atoms with E-state index in [-0.39, 0.29) is 15.7 Å². The SMILES string of the molecule is Cc1cc(S(=O)(=O)Nc2ncccc2C)c(Cl)cc1Cl. The maximum atomic E-state index is 12.4. The number of aromatic nitrogens is 1. The lowest BCUT2D eigenvalue weighted by molar-refractivity contribution is 0.601. The number of benzene rings is 1. The molecule has 2 aromatic rings. The van der Waals surface area contributed by atoms with E-state index in [0.29, 0.717) is 10.6 Å². The van der Waals surface area contributed by atoms with Gasteiger partial charge in [-0.1, -0.05) is 29.3 Å². The number of aryl methyl sites for hydroxylation is 2. The summed E-state index contributed by atoms with van der Waals surface area (Å²) >= 11 is 11.9. The zero-order valence-corrected chi connectivity index (χ0v) is 13.1. The molecule has 106 valence electrons. The van der Waals surface area contributed by atoms with Gasteiger partial charge in [-0.15, -0.1) is 0 Å². The van der Waals surface area contributed by atoms with Crippen LogP contribution in [0.5, 0.6) is 0 Å². The molecule has 0 radical (unpaired) electrons. The second-order valence-corrected chi connectivity index (χ2v) is 6.77. The Balaban J connectivity index is 2.47. The van der Waals surface area contributed by atoms with E-state index in [1.165, 1.54) is 18.3 Å².